The fourth-order valence-corrected chi connectivity index (χ4v) is 4.71. The number of carbonyl (C=O) groups is 1. The molecule has 0 radical (unpaired) electrons. The molecule has 2 aromatic rings. The van der Waals surface area contributed by atoms with Gasteiger partial charge in [-0.2, -0.15) is 0 Å². The van der Waals surface area contributed by atoms with E-state index in [1.807, 2.05) is 4.90 Å². The van der Waals surface area contributed by atoms with Gasteiger partial charge < -0.3 is 19.4 Å². The minimum Gasteiger partial charge on any atom is -0.477 e. The van der Waals surface area contributed by atoms with E-state index in [0.29, 0.717) is 25.3 Å². The first-order valence-corrected chi connectivity index (χ1v) is 12.9. The summed E-state index contributed by atoms with van der Waals surface area (Å²) in [5.41, 5.74) is 2.48. The number of oxime groups is 1. The Balaban J connectivity index is 1.68. The molecule has 0 aromatic carbocycles. The molecule has 38 heavy (non-hydrogen) atoms. The molecule has 2 aliphatic rings. The van der Waals surface area contributed by atoms with E-state index >= 15 is 4.39 Å². The fourth-order valence-electron chi connectivity index (χ4n) is 4.71. The van der Waals surface area contributed by atoms with E-state index < -0.39 is 17.2 Å². The van der Waals surface area contributed by atoms with Crippen LogP contribution >= 0.6 is 0 Å². The highest BCUT2D eigenvalue weighted by atomic mass is 19.1. The molecule has 1 atom stereocenters. The van der Waals surface area contributed by atoms with Crippen LogP contribution in [0.25, 0.3) is 11.0 Å². The molecule has 0 amide bonds. The van der Waals surface area contributed by atoms with Crippen LogP contribution in [-0.2, 0) is 4.84 Å². The molecular formula is C28H36FN5O4. The van der Waals surface area contributed by atoms with Crippen LogP contribution in [0, 0.1) is 11.7 Å². The number of fused-ring (bicyclic) bond motifs is 1. The van der Waals surface area contributed by atoms with Gasteiger partial charge in [-0.15, -0.1) is 0 Å². The highest BCUT2D eigenvalue weighted by Gasteiger charge is 2.34. The number of aromatic nitrogens is 2. The van der Waals surface area contributed by atoms with Gasteiger partial charge >= 0.3 is 5.97 Å². The van der Waals surface area contributed by atoms with Crippen molar-refractivity contribution in [1.29, 1.82) is 0 Å². The molecule has 2 aromatic heterocycles. The number of anilines is 1. The van der Waals surface area contributed by atoms with E-state index in [1.165, 1.54) is 24.5 Å². The zero-order valence-corrected chi connectivity index (χ0v) is 22.7. The van der Waals surface area contributed by atoms with Gasteiger partial charge in [-0.3, -0.25) is 9.69 Å². The van der Waals surface area contributed by atoms with Gasteiger partial charge in [0.15, 0.2) is 11.6 Å². The molecule has 1 saturated carbocycles. The Hall–Kier alpha value is -3.53. The summed E-state index contributed by atoms with van der Waals surface area (Å²) >= 11 is 0. The van der Waals surface area contributed by atoms with E-state index in [1.54, 1.807) is 4.57 Å². The number of halogens is 1. The molecule has 0 spiro atoms. The fraction of sp³-hybridized carbons (Fsp3) is 0.500. The van der Waals surface area contributed by atoms with Crippen molar-refractivity contribution < 1.29 is 19.1 Å². The van der Waals surface area contributed by atoms with Gasteiger partial charge in [0.25, 0.3) is 0 Å². The lowest BCUT2D eigenvalue weighted by Gasteiger charge is -2.24. The summed E-state index contributed by atoms with van der Waals surface area (Å²) in [6.07, 6.45) is 7.43. The maximum atomic E-state index is 15.5. The Morgan fingerprint density at radius 1 is 1.24 bits per heavy atom. The predicted molar refractivity (Wildman–Crippen MR) is 147 cm³/mol. The smallest absolute Gasteiger partial charge is 0.341 e. The van der Waals surface area contributed by atoms with Crippen LogP contribution in [-0.4, -0.2) is 71.1 Å². The number of hydrogen-bond donors (Lipinski definition) is 1. The quantitative estimate of drug-likeness (QED) is 0.366. The third-order valence-corrected chi connectivity index (χ3v) is 6.88. The van der Waals surface area contributed by atoms with Crippen molar-refractivity contribution in [3.8, 4) is 0 Å². The molecule has 4 rings (SSSR count). The van der Waals surface area contributed by atoms with Crippen LogP contribution < -0.4 is 10.3 Å². The summed E-state index contributed by atoms with van der Waals surface area (Å²) in [7, 11) is 1.50. The molecule has 10 heteroatoms. The van der Waals surface area contributed by atoms with Crippen LogP contribution in [0.1, 0.15) is 56.9 Å². The molecule has 204 valence electrons. The summed E-state index contributed by atoms with van der Waals surface area (Å²) in [6.45, 7) is 11.4. The topological polar surface area (TPSA) is 100 Å². The average molecular weight is 526 g/mol. The molecular weight excluding hydrogens is 489 g/mol. The Morgan fingerprint density at radius 2 is 1.89 bits per heavy atom. The van der Waals surface area contributed by atoms with Gasteiger partial charge in [-0.05, 0) is 46.6 Å². The average Bonchev–Trinajstić information content (AvgIpc) is 3.62. The van der Waals surface area contributed by atoms with Crippen LogP contribution in [0.2, 0.25) is 0 Å². The van der Waals surface area contributed by atoms with Crippen LogP contribution in [0.3, 0.4) is 0 Å². The van der Waals surface area contributed by atoms with Crippen molar-refractivity contribution in [2.75, 3.05) is 44.7 Å². The van der Waals surface area contributed by atoms with Gasteiger partial charge in [-0.1, -0.05) is 28.5 Å². The zero-order valence-electron chi connectivity index (χ0n) is 22.7. The summed E-state index contributed by atoms with van der Waals surface area (Å²) in [5, 5.41) is 13.7. The first kappa shape index (κ1) is 27.5. The summed E-state index contributed by atoms with van der Waals surface area (Å²) in [5.74, 6) is -1.88. The molecule has 3 heterocycles. The van der Waals surface area contributed by atoms with Crippen molar-refractivity contribution in [3.63, 3.8) is 0 Å². The Morgan fingerprint density at radius 3 is 2.45 bits per heavy atom. The minimum atomic E-state index is -1.33. The van der Waals surface area contributed by atoms with E-state index in [9.17, 15) is 14.7 Å². The second-order valence-electron chi connectivity index (χ2n) is 10.6. The highest BCUT2D eigenvalue weighted by Crippen LogP contribution is 2.37. The highest BCUT2D eigenvalue weighted by molar-refractivity contribution is 5.95. The van der Waals surface area contributed by atoms with Crippen LogP contribution in [0.5, 0.6) is 0 Å². The number of carboxylic acids is 1. The summed E-state index contributed by atoms with van der Waals surface area (Å²) < 4.78 is 17.2. The Kier molecular flexibility index (Phi) is 8.30. The van der Waals surface area contributed by atoms with Gasteiger partial charge in [-0.25, -0.2) is 14.2 Å². The zero-order chi connectivity index (χ0) is 27.6. The predicted octanol–water partition coefficient (Wildman–Crippen LogP) is 4.24. The van der Waals surface area contributed by atoms with E-state index in [-0.39, 0.29) is 28.7 Å². The molecule has 1 aliphatic heterocycles. The Labute approximate surface area is 221 Å². The van der Waals surface area contributed by atoms with Crippen molar-refractivity contribution in [3.05, 3.63) is 57.2 Å². The van der Waals surface area contributed by atoms with Crippen molar-refractivity contribution in [1.82, 2.24) is 14.5 Å². The monoisotopic (exact) mass is 525 g/mol. The number of hydrogen-bond acceptors (Lipinski definition) is 7. The number of pyridine rings is 2. The number of allylic oxidation sites excluding steroid dienone is 2. The van der Waals surface area contributed by atoms with E-state index in [2.05, 4.69) is 54.9 Å². The third-order valence-electron chi connectivity index (χ3n) is 6.88. The number of carboxylic acid groups (broad SMARTS) is 1. The van der Waals surface area contributed by atoms with Gasteiger partial charge in [0.05, 0.1) is 17.6 Å². The molecule has 1 saturated heterocycles. The SMILES string of the molecule is CO/N=C1\CN(c2nc3c(cc2F)c(=O)c(C(=O)O)cn3C2CC2)CC1CN(CC=C(C)C)CC=C(C)C. The van der Waals surface area contributed by atoms with Crippen LogP contribution in [0.4, 0.5) is 10.2 Å². The molecule has 2 fully saturated rings. The number of nitrogens with zero attached hydrogens (tertiary/aromatic N) is 5. The molecule has 1 N–H and O–H groups in total. The standard InChI is InChI=1S/C28H36FN5O4/c1-17(2)8-10-32(11-9-18(3)4)13-19-14-33(16-24(19)31-38-5)27-23(29)12-21-25(35)22(28(36)37)15-34(20-6-7-20)26(21)30-27/h8-9,12,15,19-20H,6-7,10-11,13-14,16H2,1-5H3,(H,36,37)/b31-24+. The maximum absolute atomic E-state index is 15.5. The van der Waals surface area contributed by atoms with E-state index in [0.717, 1.165) is 37.7 Å². The lowest BCUT2D eigenvalue weighted by Crippen LogP contribution is -2.34. The number of rotatable bonds is 10. The first-order chi connectivity index (χ1) is 18.1. The van der Waals surface area contributed by atoms with E-state index in [4.69, 9.17) is 4.84 Å². The molecule has 1 unspecified atom stereocenters. The summed E-state index contributed by atoms with van der Waals surface area (Å²) in [6, 6.07) is 1.18. The van der Waals surface area contributed by atoms with Crippen LogP contribution in [0.15, 0.2) is 45.5 Å². The summed E-state index contributed by atoms with van der Waals surface area (Å²) in [4.78, 5) is 38.3. The lowest BCUT2D eigenvalue weighted by atomic mass is 10.1. The second-order valence-corrected chi connectivity index (χ2v) is 10.6. The normalized spacial score (nSPS) is 18.3. The van der Waals surface area contributed by atoms with Gasteiger partial charge in [0.2, 0.25) is 5.43 Å². The molecule has 9 nitrogen and oxygen atoms in total. The number of aromatic carboxylic acids is 1. The van der Waals surface area contributed by atoms with Gasteiger partial charge in [0, 0.05) is 44.3 Å². The maximum Gasteiger partial charge on any atom is 0.341 e. The van der Waals surface area contributed by atoms with Crippen molar-refractivity contribution in [2.24, 2.45) is 11.1 Å². The first-order valence-electron chi connectivity index (χ1n) is 12.9. The third kappa shape index (κ3) is 6.12. The molecule has 0 bridgehead atoms. The molecule has 1 aliphatic carbocycles. The van der Waals surface area contributed by atoms with Crippen molar-refractivity contribution >= 4 is 28.5 Å². The minimum absolute atomic E-state index is 0.0111. The second kappa shape index (κ2) is 11.5. The van der Waals surface area contributed by atoms with Crippen molar-refractivity contribution in [2.45, 2.75) is 46.6 Å². The lowest BCUT2D eigenvalue weighted by molar-refractivity contribution is 0.0695. The largest absolute Gasteiger partial charge is 0.477 e. The Bertz CT molecular complexity index is 1350. The van der Waals surface area contributed by atoms with Gasteiger partial charge in [0.1, 0.15) is 18.3 Å².